The van der Waals surface area contributed by atoms with Gasteiger partial charge in [-0.3, -0.25) is 0 Å². The molecule has 0 radical (unpaired) electrons. The molecule has 0 aliphatic carbocycles. The first kappa shape index (κ1) is 20.7. The minimum absolute atomic E-state index is 0.762. The maximum atomic E-state index is 3.52. The Bertz CT molecular complexity index is 554. The lowest BCUT2D eigenvalue weighted by molar-refractivity contribution is 0.537. The van der Waals surface area contributed by atoms with Gasteiger partial charge < -0.3 is 10.6 Å². The van der Waals surface area contributed by atoms with Crippen LogP contribution in [0, 0.1) is 11.8 Å². The van der Waals surface area contributed by atoms with Gasteiger partial charge >= 0.3 is 0 Å². The smallest absolute Gasteiger partial charge is 0.0205 e. The Labute approximate surface area is 160 Å². The highest BCUT2D eigenvalue weighted by Crippen LogP contribution is 2.20. The van der Waals surface area contributed by atoms with Gasteiger partial charge in [0.1, 0.15) is 0 Å². The Morgan fingerprint density at radius 3 is 1.23 bits per heavy atom. The van der Waals surface area contributed by atoms with E-state index in [4.69, 9.17) is 0 Å². The fraction of sp³-hybridized carbons (Fsp3) is 0.500. The van der Waals surface area contributed by atoms with E-state index in [1.54, 1.807) is 0 Å². The zero-order chi connectivity index (χ0) is 18.8. The highest BCUT2D eigenvalue weighted by Gasteiger charge is 2.00. The highest BCUT2D eigenvalue weighted by atomic mass is 14.8. The SMILES string of the molecule is CC(C)CCNCc1ccc(-c2ccc(CNCCC(C)C)cc2)cc1. The van der Waals surface area contributed by atoms with Crippen LogP contribution in [0.3, 0.4) is 0 Å². The molecule has 0 amide bonds. The summed E-state index contributed by atoms with van der Waals surface area (Å²) in [5, 5.41) is 7.05. The predicted molar refractivity (Wildman–Crippen MR) is 114 cm³/mol. The molecule has 2 aromatic carbocycles. The van der Waals surface area contributed by atoms with E-state index in [0.717, 1.165) is 38.0 Å². The van der Waals surface area contributed by atoms with Crippen molar-refractivity contribution in [2.45, 2.75) is 53.6 Å². The van der Waals surface area contributed by atoms with Crippen LogP contribution < -0.4 is 10.6 Å². The maximum Gasteiger partial charge on any atom is 0.0205 e. The largest absolute Gasteiger partial charge is 0.313 e. The third-order valence-electron chi connectivity index (χ3n) is 4.70. The topological polar surface area (TPSA) is 24.1 Å². The zero-order valence-electron chi connectivity index (χ0n) is 17.0. The molecule has 26 heavy (non-hydrogen) atoms. The van der Waals surface area contributed by atoms with Gasteiger partial charge in [-0.2, -0.15) is 0 Å². The van der Waals surface area contributed by atoms with Crippen molar-refractivity contribution in [3.8, 4) is 11.1 Å². The molecule has 0 bridgehead atoms. The van der Waals surface area contributed by atoms with Crippen LogP contribution in [-0.2, 0) is 13.1 Å². The van der Waals surface area contributed by atoms with Gasteiger partial charge in [0.25, 0.3) is 0 Å². The molecule has 0 atom stereocenters. The van der Waals surface area contributed by atoms with Gasteiger partial charge in [-0.15, -0.1) is 0 Å². The van der Waals surface area contributed by atoms with E-state index in [0.29, 0.717) is 0 Å². The van der Waals surface area contributed by atoms with Crippen LogP contribution in [0.1, 0.15) is 51.7 Å². The molecule has 2 nitrogen and oxygen atoms in total. The van der Waals surface area contributed by atoms with Crippen LogP contribution in [0.2, 0.25) is 0 Å². The van der Waals surface area contributed by atoms with E-state index < -0.39 is 0 Å². The van der Waals surface area contributed by atoms with E-state index in [9.17, 15) is 0 Å². The van der Waals surface area contributed by atoms with Crippen LogP contribution in [0.5, 0.6) is 0 Å². The number of nitrogens with one attached hydrogen (secondary N) is 2. The van der Waals surface area contributed by atoms with E-state index in [-0.39, 0.29) is 0 Å². The molecule has 0 aromatic heterocycles. The van der Waals surface area contributed by atoms with Crippen LogP contribution in [0.4, 0.5) is 0 Å². The molecule has 0 aliphatic rings. The minimum atomic E-state index is 0.762. The van der Waals surface area contributed by atoms with Gasteiger partial charge in [0, 0.05) is 13.1 Å². The molecule has 2 aromatic rings. The van der Waals surface area contributed by atoms with Crippen LogP contribution in [0.15, 0.2) is 48.5 Å². The van der Waals surface area contributed by atoms with Gasteiger partial charge in [0.05, 0.1) is 0 Å². The summed E-state index contributed by atoms with van der Waals surface area (Å²) in [7, 11) is 0. The molecular formula is C24H36N2. The van der Waals surface area contributed by atoms with Gasteiger partial charge in [0.2, 0.25) is 0 Å². The van der Waals surface area contributed by atoms with Crippen molar-refractivity contribution >= 4 is 0 Å². The third kappa shape index (κ3) is 7.72. The summed E-state index contributed by atoms with van der Waals surface area (Å²) in [4.78, 5) is 0. The van der Waals surface area contributed by atoms with Crippen LogP contribution in [0.25, 0.3) is 11.1 Å². The van der Waals surface area contributed by atoms with Crippen molar-refractivity contribution in [3.05, 3.63) is 59.7 Å². The summed E-state index contributed by atoms with van der Waals surface area (Å²) >= 11 is 0. The molecule has 0 heterocycles. The van der Waals surface area contributed by atoms with Crippen molar-refractivity contribution in [1.29, 1.82) is 0 Å². The fourth-order valence-corrected chi connectivity index (χ4v) is 2.88. The summed E-state index contributed by atoms with van der Waals surface area (Å²) in [5.41, 5.74) is 5.28. The Morgan fingerprint density at radius 1 is 0.577 bits per heavy atom. The molecule has 0 spiro atoms. The molecule has 0 saturated carbocycles. The molecule has 0 saturated heterocycles. The Morgan fingerprint density at radius 2 is 0.923 bits per heavy atom. The second-order valence-corrected chi connectivity index (χ2v) is 8.11. The van der Waals surface area contributed by atoms with E-state index in [2.05, 4.69) is 86.9 Å². The van der Waals surface area contributed by atoms with Gasteiger partial charge in [-0.1, -0.05) is 76.2 Å². The normalized spacial score (nSPS) is 11.5. The average Bonchev–Trinajstić information content (AvgIpc) is 2.63. The summed E-state index contributed by atoms with van der Waals surface area (Å²) in [6.45, 7) is 13.2. The summed E-state index contributed by atoms with van der Waals surface area (Å²) in [6.07, 6.45) is 2.47. The summed E-state index contributed by atoms with van der Waals surface area (Å²) in [6, 6.07) is 17.9. The molecule has 2 heteroatoms. The van der Waals surface area contributed by atoms with Crippen LogP contribution >= 0.6 is 0 Å². The molecule has 142 valence electrons. The monoisotopic (exact) mass is 352 g/mol. The third-order valence-corrected chi connectivity index (χ3v) is 4.70. The molecule has 2 rings (SSSR count). The molecular weight excluding hydrogens is 316 g/mol. The second-order valence-electron chi connectivity index (χ2n) is 8.11. The summed E-state index contributed by atoms with van der Waals surface area (Å²) in [5.74, 6) is 1.52. The standard InChI is InChI=1S/C24H36N2/c1-19(2)13-15-25-17-21-5-9-23(10-6-21)24-11-7-22(8-12-24)18-26-16-14-20(3)4/h5-12,19-20,25-26H,13-18H2,1-4H3. The lowest BCUT2D eigenvalue weighted by atomic mass is 10.0. The number of benzene rings is 2. The first-order valence-electron chi connectivity index (χ1n) is 10.1. The van der Waals surface area contributed by atoms with Crippen molar-refractivity contribution < 1.29 is 0 Å². The minimum Gasteiger partial charge on any atom is -0.313 e. The number of hydrogen-bond donors (Lipinski definition) is 2. The fourth-order valence-electron chi connectivity index (χ4n) is 2.88. The van der Waals surface area contributed by atoms with E-state index >= 15 is 0 Å². The lowest BCUT2D eigenvalue weighted by Crippen LogP contribution is -2.16. The van der Waals surface area contributed by atoms with Crippen molar-refractivity contribution in [2.24, 2.45) is 11.8 Å². The van der Waals surface area contributed by atoms with Gasteiger partial charge in [-0.25, -0.2) is 0 Å². The zero-order valence-corrected chi connectivity index (χ0v) is 17.0. The Kier molecular flexibility index (Phi) is 8.87. The summed E-state index contributed by atoms with van der Waals surface area (Å²) < 4.78 is 0. The van der Waals surface area contributed by atoms with E-state index in [1.165, 1.54) is 35.1 Å². The van der Waals surface area contributed by atoms with Gasteiger partial charge in [-0.05, 0) is 60.0 Å². The molecule has 0 fully saturated rings. The lowest BCUT2D eigenvalue weighted by Gasteiger charge is -2.09. The predicted octanol–water partition coefficient (Wildman–Crippen LogP) is 5.63. The number of hydrogen-bond acceptors (Lipinski definition) is 2. The van der Waals surface area contributed by atoms with Crippen molar-refractivity contribution in [2.75, 3.05) is 13.1 Å². The van der Waals surface area contributed by atoms with Crippen LogP contribution in [-0.4, -0.2) is 13.1 Å². The molecule has 0 unspecified atom stereocenters. The maximum absolute atomic E-state index is 3.52. The van der Waals surface area contributed by atoms with E-state index in [1.807, 2.05) is 0 Å². The second kappa shape index (κ2) is 11.2. The van der Waals surface area contributed by atoms with Crippen molar-refractivity contribution in [3.63, 3.8) is 0 Å². The Hall–Kier alpha value is -1.64. The molecule has 0 aliphatic heterocycles. The van der Waals surface area contributed by atoms with Crippen molar-refractivity contribution in [1.82, 2.24) is 10.6 Å². The first-order valence-corrected chi connectivity index (χ1v) is 10.1. The quantitative estimate of drug-likeness (QED) is 0.513. The average molecular weight is 353 g/mol. The first-order chi connectivity index (χ1) is 12.5. The molecule has 2 N–H and O–H groups in total. The number of rotatable bonds is 11. The van der Waals surface area contributed by atoms with Gasteiger partial charge in [0.15, 0.2) is 0 Å². The Balaban J connectivity index is 1.81. The highest BCUT2D eigenvalue weighted by molar-refractivity contribution is 5.63.